The van der Waals surface area contributed by atoms with Crippen molar-refractivity contribution in [3.05, 3.63) is 75.8 Å². The van der Waals surface area contributed by atoms with Crippen LogP contribution >= 0.6 is 11.3 Å². The van der Waals surface area contributed by atoms with Gasteiger partial charge in [0.25, 0.3) is 5.56 Å². The molecule has 4 aromatic heterocycles. The van der Waals surface area contributed by atoms with Gasteiger partial charge >= 0.3 is 5.97 Å². The van der Waals surface area contributed by atoms with E-state index in [2.05, 4.69) is 10.1 Å². The first-order valence-corrected chi connectivity index (χ1v) is 8.26. The molecule has 126 valence electrons. The van der Waals surface area contributed by atoms with E-state index in [1.165, 1.54) is 21.8 Å². The lowest BCUT2D eigenvalue weighted by Gasteiger charge is -2.03. The first-order chi connectivity index (χ1) is 12.2. The fourth-order valence-electron chi connectivity index (χ4n) is 2.30. The number of hydrogen-bond donors (Lipinski definition) is 0. The van der Waals surface area contributed by atoms with Crippen molar-refractivity contribution >= 4 is 22.3 Å². The molecule has 0 aliphatic heterocycles. The lowest BCUT2D eigenvalue weighted by Crippen LogP contribution is -2.14. The Morgan fingerprint density at radius 2 is 2.24 bits per heavy atom. The predicted molar refractivity (Wildman–Crippen MR) is 88.5 cm³/mol. The molecular weight excluding hydrogens is 344 g/mol. The minimum atomic E-state index is -0.611. The lowest BCUT2D eigenvalue weighted by atomic mass is 10.4. The average Bonchev–Trinajstić information content (AvgIpc) is 3.34. The third-order valence-corrected chi connectivity index (χ3v) is 4.20. The molecule has 0 saturated heterocycles. The Hall–Kier alpha value is -3.20. The van der Waals surface area contributed by atoms with Crippen LogP contribution in [0.25, 0.3) is 4.96 Å². The number of carbonyl (C=O) groups excluding carboxylic acids is 1. The highest BCUT2D eigenvalue weighted by atomic mass is 32.1. The topological polar surface area (TPSA) is 91.6 Å². The van der Waals surface area contributed by atoms with Crippen LogP contribution in [0.2, 0.25) is 0 Å². The number of carbonyl (C=O) groups is 1. The van der Waals surface area contributed by atoms with Crippen LogP contribution in [0.1, 0.15) is 22.0 Å². The quantitative estimate of drug-likeness (QED) is 0.508. The van der Waals surface area contributed by atoms with Gasteiger partial charge in [0.05, 0.1) is 12.2 Å². The Labute approximate surface area is 144 Å². The molecule has 9 heteroatoms. The zero-order chi connectivity index (χ0) is 17.2. The number of furan rings is 1. The molecule has 0 amide bonds. The molecule has 0 aromatic carbocycles. The second kappa shape index (κ2) is 6.36. The Morgan fingerprint density at radius 3 is 3.08 bits per heavy atom. The van der Waals surface area contributed by atoms with Gasteiger partial charge in [-0.2, -0.15) is 5.10 Å². The Morgan fingerprint density at radius 1 is 1.32 bits per heavy atom. The second-order valence-corrected chi connectivity index (χ2v) is 6.06. The van der Waals surface area contributed by atoms with Gasteiger partial charge in [-0.1, -0.05) is 0 Å². The first-order valence-electron chi connectivity index (χ1n) is 7.38. The summed E-state index contributed by atoms with van der Waals surface area (Å²) in [5.74, 6) is 0.0722. The summed E-state index contributed by atoms with van der Waals surface area (Å²) in [6.07, 6.45) is 5.11. The van der Waals surface area contributed by atoms with Gasteiger partial charge in [-0.15, -0.1) is 11.3 Å². The maximum atomic E-state index is 12.1. The van der Waals surface area contributed by atoms with Crippen molar-refractivity contribution in [3.63, 3.8) is 0 Å². The number of esters is 1. The van der Waals surface area contributed by atoms with Crippen LogP contribution in [0, 0.1) is 0 Å². The molecule has 0 aliphatic rings. The number of aromatic nitrogens is 4. The molecule has 8 nitrogen and oxygen atoms in total. The van der Waals surface area contributed by atoms with Crippen molar-refractivity contribution in [2.45, 2.75) is 13.2 Å². The highest BCUT2D eigenvalue weighted by Crippen LogP contribution is 2.12. The molecule has 0 atom stereocenters. The van der Waals surface area contributed by atoms with Crippen LogP contribution in [0.15, 0.2) is 57.4 Å². The molecule has 0 spiro atoms. The summed E-state index contributed by atoms with van der Waals surface area (Å²) in [7, 11) is 0. The van der Waals surface area contributed by atoms with Gasteiger partial charge in [-0.3, -0.25) is 13.9 Å². The Kier molecular flexibility index (Phi) is 3.90. The van der Waals surface area contributed by atoms with Crippen molar-refractivity contribution < 1.29 is 13.9 Å². The zero-order valence-electron chi connectivity index (χ0n) is 12.9. The molecule has 4 heterocycles. The van der Waals surface area contributed by atoms with Crippen molar-refractivity contribution in [3.8, 4) is 0 Å². The standard InChI is InChI=1S/C16H12N4O4S/c21-14-8-11(18-16-20(14)6-7-25-16)10-23-15(22)13-3-2-12(24-13)9-19-5-1-4-17-19/h1-8H,9-10H2. The van der Waals surface area contributed by atoms with Gasteiger partial charge in [0.15, 0.2) is 4.96 Å². The number of fused-ring (bicyclic) bond motifs is 1. The van der Waals surface area contributed by atoms with Crippen molar-refractivity contribution in [1.29, 1.82) is 0 Å². The van der Waals surface area contributed by atoms with Gasteiger partial charge in [0.1, 0.15) is 12.4 Å². The fourth-order valence-corrected chi connectivity index (χ4v) is 3.04. The van der Waals surface area contributed by atoms with Crippen LogP contribution in [-0.2, 0) is 17.9 Å². The molecular formula is C16H12N4O4S. The van der Waals surface area contributed by atoms with Crippen LogP contribution in [0.5, 0.6) is 0 Å². The summed E-state index contributed by atoms with van der Waals surface area (Å²) in [5.41, 5.74) is 0.181. The third kappa shape index (κ3) is 3.22. The molecule has 0 aliphatic carbocycles. The molecule has 4 aromatic rings. The summed E-state index contributed by atoms with van der Waals surface area (Å²) in [6.45, 7) is 0.325. The smallest absolute Gasteiger partial charge is 0.374 e. The van der Waals surface area contributed by atoms with Crippen LogP contribution in [-0.4, -0.2) is 25.1 Å². The van der Waals surface area contributed by atoms with E-state index in [-0.39, 0.29) is 17.9 Å². The largest absolute Gasteiger partial charge is 0.453 e. The summed E-state index contributed by atoms with van der Waals surface area (Å²) < 4.78 is 13.8. The van der Waals surface area contributed by atoms with E-state index in [1.807, 2.05) is 0 Å². The summed E-state index contributed by atoms with van der Waals surface area (Å²) in [6, 6.07) is 6.39. The van der Waals surface area contributed by atoms with E-state index >= 15 is 0 Å². The number of nitrogens with zero attached hydrogens (tertiary/aromatic N) is 4. The average molecular weight is 356 g/mol. The minimum Gasteiger partial charge on any atom is -0.453 e. The zero-order valence-corrected chi connectivity index (χ0v) is 13.7. The molecule has 0 unspecified atom stereocenters. The molecule has 0 saturated carbocycles. The highest BCUT2D eigenvalue weighted by molar-refractivity contribution is 7.15. The van der Waals surface area contributed by atoms with E-state index in [1.54, 1.807) is 46.9 Å². The number of rotatable bonds is 5. The highest BCUT2D eigenvalue weighted by Gasteiger charge is 2.14. The predicted octanol–water partition coefficient (Wildman–Crippen LogP) is 1.95. The van der Waals surface area contributed by atoms with E-state index in [0.29, 0.717) is 23.0 Å². The summed E-state index contributed by atoms with van der Waals surface area (Å²) in [4.78, 5) is 28.8. The third-order valence-electron chi connectivity index (χ3n) is 3.45. The Bertz CT molecular complexity index is 1080. The number of hydrogen-bond acceptors (Lipinski definition) is 7. The van der Waals surface area contributed by atoms with Crippen molar-refractivity contribution in [2.75, 3.05) is 0 Å². The summed E-state index contributed by atoms with van der Waals surface area (Å²) >= 11 is 1.34. The van der Waals surface area contributed by atoms with E-state index < -0.39 is 5.97 Å². The van der Waals surface area contributed by atoms with Gasteiger partial charge < -0.3 is 9.15 Å². The van der Waals surface area contributed by atoms with Crippen molar-refractivity contribution in [1.82, 2.24) is 19.2 Å². The van der Waals surface area contributed by atoms with Crippen LogP contribution < -0.4 is 5.56 Å². The van der Waals surface area contributed by atoms with Crippen molar-refractivity contribution in [2.24, 2.45) is 0 Å². The molecule has 0 bridgehead atoms. The van der Waals surface area contributed by atoms with Crippen LogP contribution in [0.3, 0.4) is 0 Å². The maximum Gasteiger partial charge on any atom is 0.374 e. The molecule has 4 rings (SSSR count). The number of thiazole rings is 1. The maximum absolute atomic E-state index is 12.1. The minimum absolute atomic E-state index is 0.0936. The van der Waals surface area contributed by atoms with Crippen LogP contribution in [0.4, 0.5) is 0 Å². The van der Waals surface area contributed by atoms with Gasteiger partial charge in [0.2, 0.25) is 5.76 Å². The Balaban J connectivity index is 1.43. The fraction of sp³-hybridized carbons (Fsp3) is 0.125. The van der Waals surface area contributed by atoms with Gasteiger partial charge in [0, 0.05) is 30.0 Å². The molecule has 0 radical (unpaired) electrons. The monoisotopic (exact) mass is 356 g/mol. The van der Waals surface area contributed by atoms with E-state index in [9.17, 15) is 9.59 Å². The van der Waals surface area contributed by atoms with Gasteiger partial charge in [-0.05, 0) is 18.2 Å². The first kappa shape index (κ1) is 15.3. The molecule has 0 N–H and O–H groups in total. The molecule has 25 heavy (non-hydrogen) atoms. The second-order valence-electron chi connectivity index (χ2n) is 5.19. The van der Waals surface area contributed by atoms with E-state index in [4.69, 9.17) is 9.15 Å². The summed E-state index contributed by atoms with van der Waals surface area (Å²) in [5, 5.41) is 5.84. The lowest BCUT2D eigenvalue weighted by molar-refractivity contribution is 0.0429. The van der Waals surface area contributed by atoms with E-state index in [0.717, 1.165) is 0 Å². The SMILES string of the molecule is O=C(OCc1cc(=O)n2ccsc2n1)c1ccc(Cn2cccn2)o1. The molecule has 0 fully saturated rings. The normalized spacial score (nSPS) is 11.0. The number of ether oxygens (including phenoxy) is 1. The van der Waals surface area contributed by atoms with Gasteiger partial charge in [-0.25, -0.2) is 9.78 Å².